The van der Waals surface area contributed by atoms with Gasteiger partial charge in [-0.2, -0.15) is 0 Å². The minimum atomic E-state index is -0.269. The van der Waals surface area contributed by atoms with Gasteiger partial charge in [-0.15, -0.1) is 0 Å². The molecule has 0 aromatic heterocycles. The number of carbonyl (C=O) groups is 1. The van der Waals surface area contributed by atoms with Crippen molar-refractivity contribution in [1.82, 2.24) is 0 Å². The Kier molecular flexibility index (Phi) is 3.81. The van der Waals surface area contributed by atoms with Gasteiger partial charge in [-0.25, -0.2) is 4.39 Å². The fourth-order valence-electron chi connectivity index (χ4n) is 1.41. The van der Waals surface area contributed by atoms with E-state index >= 15 is 0 Å². The van der Waals surface area contributed by atoms with Crippen LogP contribution in [0.5, 0.6) is 0 Å². The summed E-state index contributed by atoms with van der Waals surface area (Å²) in [6.07, 6.45) is 1.79. The molecule has 0 saturated heterocycles. The Labute approximate surface area is 83.9 Å². The Morgan fingerprint density at radius 3 is 2.79 bits per heavy atom. The third-order valence-corrected chi connectivity index (χ3v) is 2.23. The van der Waals surface area contributed by atoms with E-state index in [2.05, 4.69) is 0 Å². The number of hydrogen-bond acceptors (Lipinski definition) is 1. The van der Waals surface area contributed by atoms with Gasteiger partial charge in [0, 0.05) is 12.8 Å². The molecule has 0 heterocycles. The second-order valence-corrected chi connectivity index (χ2v) is 3.54. The van der Waals surface area contributed by atoms with Crippen molar-refractivity contribution >= 4 is 5.78 Å². The number of carbonyl (C=O) groups excluding carboxylic acids is 1. The number of ketones is 1. The number of Topliss-reactive ketones (excluding diaryl/α,β-unsaturated/α-hetero) is 1. The van der Waals surface area contributed by atoms with Crippen LogP contribution in [0.4, 0.5) is 4.39 Å². The molecule has 0 N–H and O–H groups in total. The number of rotatable bonds is 4. The highest BCUT2D eigenvalue weighted by Gasteiger charge is 2.05. The second-order valence-electron chi connectivity index (χ2n) is 3.54. The third-order valence-electron chi connectivity index (χ3n) is 2.23. The van der Waals surface area contributed by atoms with E-state index < -0.39 is 0 Å². The molecule has 0 atom stereocenters. The van der Waals surface area contributed by atoms with Gasteiger partial charge in [-0.3, -0.25) is 4.79 Å². The van der Waals surface area contributed by atoms with Crippen LogP contribution in [-0.4, -0.2) is 5.78 Å². The first-order valence-corrected chi connectivity index (χ1v) is 4.90. The van der Waals surface area contributed by atoms with E-state index in [-0.39, 0.29) is 11.6 Å². The lowest BCUT2D eigenvalue weighted by atomic mass is 10.0. The monoisotopic (exact) mass is 194 g/mol. The van der Waals surface area contributed by atoms with Crippen LogP contribution in [0.25, 0.3) is 0 Å². The summed E-state index contributed by atoms with van der Waals surface area (Å²) in [4.78, 5) is 11.4. The molecule has 1 nitrogen and oxygen atoms in total. The summed E-state index contributed by atoms with van der Waals surface area (Å²) in [5, 5.41) is 0. The molecule has 0 aliphatic heterocycles. The molecule has 0 unspecified atom stereocenters. The van der Waals surface area contributed by atoms with Crippen LogP contribution in [-0.2, 0) is 11.2 Å². The second kappa shape index (κ2) is 4.89. The average Bonchev–Trinajstić information content (AvgIpc) is 2.12. The van der Waals surface area contributed by atoms with Gasteiger partial charge >= 0.3 is 0 Å². The van der Waals surface area contributed by atoms with Crippen LogP contribution < -0.4 is 0 Å². The molecule has 0 aliphatic carbocycles. The van der Waals surface area contributed by atoms with Crippen molar-refractivity contribution in [1.29, 1.82) is 0 Å². The lowest BCUT2D eigenvalue weighted by Gasteiger charge is -2.04. The molecule has 1 rings (SSSR count). The Balaban J connectivity index is 2.75. The van der Waals surface area contributed by atoms with Crippen molar-refractivity contribution in [3.8, 4) is 0 Å². The van der Waals surface area contributed by atoms with Crippen molar-refractivity contribution in [3.05, 3.63) is 35.1 Å². The van der Waals surface area contributed by atoms with Gasteiger partial charge in [0.2, 0.25) is 0 Å². The first kappa shape index (κ1) is 10.9. The number of hydrogen-bond donors (Lipinski definition) is 0. The SMILES string of the molecule is CCCC(=O)Cc1cc(F)ccc1C. The van der Waals surface area contributed by atoms with Crippen molar-refractivity contribution in [2.75, 3.05) is 0 Å². The van der Waals surface area contributed by atoms with E-state index in [0.29, 0.717) is 12.8 Å². The highest BCUT2D eigenvalue weighted by Crippen LogP contribution is 2.12. The van der Waals surface area contributed by atoms with Crippen LogP contribution >= 0.6 is 0 Å². The van der Waals surface area contributed by atoms with E-state index in [4.69, 9.17) is 0 Å². The van der Waals surface area contributed by atoms with E-state index in [1.807, 2.05) is 13.8 Å². The molecule has 0 aliphatic rings. The van der Waals surface area contributed by atoms with Crippen LogP contribution in [0, 0.1) is 12.7 Å². The van der Waals surface area contributed by atoms with Crippen LogP contribution in [0.3, 0.4) is 0 Å². The van der Waals surface area contributed by atoms with Crippen LogP contribution in [0.15, 0.2) is 18.2 Å². The van der Waals surface area contributed by atoms with Crippen molar-refractivity contribution in [2.45, 2.75) is 33.1 Å². The molecule has 0 saturated carbocycles. The molecule has 76 valence electrons. The topological polar surface area (TPSA) is 17.1 Å². The Morgan fingerprint density at radius 2 is 2.14 bits per heavy atom. The van der Waals surface area contributed by atoms with E-state index in [1.165, 1.54) is 12.1 Å². The quantitative estimate of drug-likeness (QED) is 0.720. The summed E-state index contributed by atoms with van der Waals surface area (Å²) in [5.41, 5.74) is 1.79. The largest absolute Gasteiger partial charge is 0.299 e. The molecular formula is C12H15FO. The summed E-state index contributed by atoms with van der Waals surface area (Å²) < 4.78 is 12.9. The Hall–Kier alpha value is -1.18. The fourth-order valence-corrected chi connectivity index (χ4v) is 1.41. The molecule has 0 amide bonds. The summed E-state index contributed by atoms with van der Waals surface area (Å²) in [6.45, 7) is 3.87. The Bertz CT molecular complexity index is 331. The van der Waals surface area contributed by atoms with Gasteiger partial charge in [-0.05, 0) is 36.6 Å². The van der Waals surface area contributed by atoms with Crippen molar-refractivity contribution in [3.63, 3.8) is 0 Å². The molecule has 1 aromatic rings. The molecule has 0 bridgehead atoms. The van der Waals surface area contributed by atoms with Crippen LogP contribution in [0.1, 0.15) is 30.9 Å². The summed E-state index contributed by atoms with van der Waals surface area (Å²) in [6, 6.07) is 4.58. The maximum absolute atomic E-state index is 12.9. The molecule has 0 radical (unpaired) electrons. The Morgan fingerprint density at radius 1 is 1.43 bits per heavy atom. The number of halogens is 1. The molecule has 0 fully saturated rings. The number of aryl methyl sites for hydroxylation is 1. The minimum Gasteiger partial charge on any atom is -0.299 e. The van der Waals surface area contributed by atoms with Crippen molar-refractivity contribution < 1.29 is 9.18 Å². The first-order valence-electron chi connectivity index (χ1n) is 4.90. The summed E-state index contributed by atoms with van der Waals surface area (Å²) >= 11 is 0. The molecule has 14 heavy (non-hydrogen) atoms. The predicted octanol–water partition coefficient (Wildman–Crippen LogP) is 3.05. The van der Waals surface area contributed by atoms with E-state index in [0.717, 1.165) is 17.5 Å². The first-order chi connectivity index (χ1) is 6.63. The van der Waals surface area contributed by atoms with Gasteiger partial charge < -0.3 is 0 Å². The van der Waals surface area contributed by atoms with Gasteiger partial charge in [0.25, 0.3) is 0 Å². The maximum atomic E-state index is 12.9. The highest BCUT2D eigenvalue weighted by atomic mass is 19.1. The summed E-state index contributed by atoms with van der Waals surface area (Å²) in [7, 11) is 0. The lowest BCUT2D eigenvalue weighted by Crippen LogP contribution is -2.03. The van der Waals surface area contributed by atoms with E-state index in [9.17, 15) is 9.18 Å². The zero-order chi connectivity index (χ0) is 10.6. The normalized spacial score (nSPS) is 10.2. The zero-order valence-electron chi connectivity index (χ0n) is 8.64. The predicted molar refractivity (Wildman–Crippen MR) is 54.8 cm³/mol. The molecule has 0 spiro atoms. The highest BCUT2D eigenvalue weighted by molar-refractivity contribution is 5.81. The van der Waals surface area contributed by atoms with Gasteiger partial charge in [-0.1, -0.05) is 13.0 Å². The standard InChI is InChI=1S/C12H15FO/c1-3-4-12(14)8-10-7-11(13)6-5-9(10)2/h5-7H,3-4,8H2,1-2H3. The third kappa shape index (κ3) is 2.95. The number of benzene rings is 1. The average molecular weight is 194 g/mol. The smallest absolute Gasteiger partial charge is 0.137 e. The zero-order valence-corrected chi connectivity index (χ0v) is 8.64. The van der Waals surface area contributed by atoms with Gasteiger partial charge in [0.05, 0.1) is 0 Å². The summed E-state index contributed by atoms with van der Waals surface area (Å²) in [5.74, 6) is -0.0869. The van der Waals surface area contributed by atoms with Gasteiger partial charge in [0.1, 0.15) is 11.6 Å². The fraction of sp³-hybridized carbons (Fsp3) is 0.417. The van der Waals surface area contributed by atoms with E-state index in [1.54, 1.807) is 6.07 Å². The maximum Gasteiger partial charge on any atom is 0.137 e. The molecule has 2 heteroatoms. The molecule has 1 aromatic carbocycles. The van der Waals surface area contributed by atoms with Crippen LogP contribution in [0.2, 0.25) is 0 Å². The molecular weight excluding hydrogens is 179 g/mol. The van der Waals surface area contributed by atoms with Crippen molar-refractivity contribution in [2.24, 2.45) is 0 Å². The minimum absolute atomic E-state index is 0.182. The van der Waals surface area contributed by atoms with Gasteiger partial charge in [0.15, 0.2) is 0 Å². The lowest BCUT2D eigenvalue weighted by molar-refractivity contribution is -0.118.